The van der Waals surface area contributed by atoms with Gasteiger partial charge in [-0.2, -0.15) is 25.3 Å². The lowest BCUT2D eigenvalue weighted by atomic mass is 10.2. The van der Waals surface area contributed by atoms with Crippen LogP contribution < -0.4 is 11.2 Å². The van der Waals surface area contributed by atoms with Crippen LogP contribution in [-0.2, 0) is 4.74 Å². The highest BCUT2D eigenvalue weighted by Gasteiger charge is 2.33. The van der Waals surface area contributed by atoms with Crippen LogP contribution >= 0.6 is 25.3 Å². The Hall–Kier alpha value is -0.660. The molecule has 1 aromatic heterocycles. The average molecular weight is 274 g/mol. The lowest BCUT2D eigenvalue weighted by Crippen LogP contribution is -2.33. The molecule has 1 saturated heterocycles. The number of hydrogen-bond acceptors (Lipinski definition) is 5. The topological polar surface area (TPSA) is 64.1 Å². The van der Waals surface area contributed by atoms with Crippen molar-refractivity contribution in [2.24, 2.45) is 0 Å². The summed E-state index contributed by atoms with van der Waals surface area (Å²) < 4.78 is 7.08. The first-order chi connectivity index (χ1) is 8.02. The number of aromatic nitrogens is 2. The fourth-order valence-corrected chi connectivity index (χ4v) is 2.71. The summed E-state index contributed by atoms with van der Waals surface area (Å²) in [5.41, 5.74) is -0.332. The summed E-state index contributed by atoms with van der Waals surface area (Å²) in [6.45, 7) is 1.65. The molecule has 0 radical (unpaired) electrons. The van der Waals surface area contributed by atoms with E-state index in [1.807, 2.05) is 0 Å². The molecule has 7 heteroatoms. The minimum atomic E-state index is -0.453. The monoisotopic (exact) mass is 274 g/mol. The molecule has 0 bridgehead atoms. The number of nitrogens with zero attached hydrogens (tertiary/aromatic N) is 1. The molecule has 2 rings (SSSR count). The van der Waals surface area contributed by atoms with Crippen molar-refractivity contribution in [1.29, 1.82) is 0 Å². The molecule has 1 aliphatic heterocycles. The van der Waals surface area contributed by atoms with Crippen molar-refractivity contribution < 1.29 is 4.74 Å². The molecule has 2 heterocycles. The molecule has 5 nitrogen and oxygen atoms in total. The van der Waals surface area contributed by atoms with Crippen LogP contribution in [0.15, 0.2) is 15.8 Å². The predicted molar refractivity (Wildman–Crippen MR) is 71.2 cm³/mol. The molecular formula is C10H14N2O3S2. The Bertz CT molecular complexity index is 525. The Morgan fingerprint density at radius 3 is 2.88 bits per heavy atom. The maximum atomic E-state index is 11.7. The van der Waals surface area contributed by atoms with E-state index in [-0.39, 0.29) is 23.1 Å². The van der Waals surface area contributed by atoms with Crippen LogP contribution in [0.3, 0.4) is 0 Å². The molecule has 0 spiro atoms. The van der Waals surface area contributed by atoms with E-state index >= 15 is 0 Å². The molecular weight excluding hydrogens is 260 g/mol. The second-order valence-electron chi connectivity index (χ2n) is 4.09. The van der Waals surface area contributed by atoms with Gasteiger partial charge in [0.15, 0.2) is 0 Å². The molecule has 0 amide bonds. The Morgan fingerprint density at radius 2 is 2.29 bits per heavy atom. The largest absolute Gasteiger partial charge is 0.353 e. The van der Waals surface area contributed by atoms with E-state index in [1.165, 1.54) is 10.8 Å². The first kappa shape index (κ1) is 12.8. The number of nitrogens with one attached hydrogen (secondary N) is 1. The Morgan fingerprint density at radius 1 is 1.59 bits per heavy atom. The van der Waals surface area contributed by atoms with Gasteiger partial charge < -0.3 is 4.74 Å². The van der Waals surface area contributed by atoms with E-state index in [4.69, 9.17) is 4.74 Å². The van der Waals surface area contributed by atoms with Gasteiger partial charge in [0.2, 0.25) is 0 Å². The molecule has 0 unspecified atom stereocenters. The summed E-state index contributed by atoms with van der Waals surface area (Å²) in [6, 6.07) is 0. The maximum Gasteiger partial charge on any atom is 0.330 e. The predicted octanol–water partition coefficient (Wildman–Crippen LogP) is 0.361. The van der Waals surface area contributed by atoms with Crippen molar-refractivity contribution >= 4 is 25.3 Å². The van der Waals surface area contributed by atoms with Crippen molar-refractivity contribution in [3.8, 4) is 0 Å². The molecule has 0 saturated carbocycles. The number of thiol groups is 2. The third-order valence-electron chi connectivity index (χ3n) is 2.84. The minimum absolute atomic E-state index is 0.0524. The molecule has 1 aromatic rings. The van der Waals surface area contributed by atoms with Gasteiger partial charge in [0.25, 0.3) is 5.56 Å². The van der Waals surface area contributed by atoms with Crippen LogP contribution in [0.25, 0.3) is 0 Å². The third-order valence-corrected chi connectivity index (χ3v) is 3.74. The highest BCUT2D eigenvalue weighted by atomic mass is 32.1. The van der Waals surface area contributed by atoms with Crippen LogP contribution in [0.1, 0.15) is 18.2 Å². The summed E-state index contributed by atoms with van der Waals surface area (Å²) >= 11 is 8.57. The minimum Gasteiger partial charge on any atom is -0.353 e. The molecule has 0 aliphatic carbocycles. The van der Waals surface area contributed by atoms with Crippen LogP contribution in [0.2, 0.25) is 0 Å². The van der Waals surface area contributed by atoms with E-state index in [0.29, 0.717) is 17.7 Å². The number of aryl methyl sites for hydroxylation is 1. The summed E-state index contributed by atoms with van der Waals surface area (Å²) in [5.74, 6) is 0.557. The van der Waals surface area contributed by atoms with Crippen LogP contribution in [0, 0.1) is 6.92 Å². The van der Waals surface area contributed by atoms with Gasteiger partial charge in [-0.05, 0) is 6.92 Å². The zero-order valence-electron chi connectivity index (χ0n) is 9.29. The molecule has 94 valence electrons. The number of rotatable bonds is 2. The molecule has 3 atom stereocenters. The van der Waals surface area contributed by atoms with Gasteiger partial charge in [-0.1, -0.05) is 0 Å². The number of aromatic amines is 1. The van der Waals surface area contributed by atoms with Gasteiger partial charge in [-0.25, -0.2) is 4.79 Å². The Labute approximate surface area is 109 Å². The number of ether oxygens (including phenoxy) is 1. The summed E-state index contributed by atoms with van der Waals surface area (Å²) in [7, 11) is 0. The van der Waals surface area contributed by atoms with Crippen molar-refractivity contribution in [2.75, 3.05) is 5.75 Å². The van der Waals surface area contributed by atoms with Crippen molar-refractivity contribution in [2.45, 2.75) is 30.9 Å². The van der Waals surface area contributed by atoms with Gasteiger partial charge in [0.1, 0.15) is 6.23 Å². The zero-order valence-corrected chi connectivity index (χ0v) is 11.1. The number of hydrogen-bond donors (Lipinski definition) is 3. The normalized spacial score (nSPS) is 28.5. The summed E-state index contributed by atoms with van der Waals surface area (Å²) in [6.07, 6.45) is 1.69. The Balaban J connectivity index is 2.34. The van der Waals surface area contributed by atoms with Crippen molar-refractivity contribution in [3.05, 3.63) is 32.6 Å². The van der Waals surface area contributed by atoms with E-state index in [1.54, 1.807) is 6.92 Å². The molecule has 1 aliphatic rings. The Kier molecular flexibility index (Phi) is 3.70. The molecule has 17 heavy (non-hydrogen) atoms. The zero-order chi connectivity index (χ0) is 12.6. The first-order valence-electron chi connectivity index (χ1n) is 5.29. The molecule has 1 fully saturated rings. The highest BCUT2D eigenvalue weighted by molar-refractivity contribution is 7.81. The fraction of sp³-hybridized carbons (Fsp3) is 0.600. The standard InChI is InChI=1S/C10H14N2O3S2/c1-5-3-12(10(14)11-9(5)13)8-2-7(17)6(4-16)15-8/h3,6-8,16-17H,2,4H2,1H3,(H,11,13,14)/t6-,7+,8-/m1/s1. The van der Waals surface area contributed by atoms with Gasteiger partial charge in [0, 0.05) is 29.2 Å². The molecule has 1 N–H and O–H groups in total. The van der Waals surface area contributed by atoms with E-state index < -0.39 is 5.69 Å². The second kappa shape index (κ2) is 4.91. The van der Waals surface area contributed by atoms with Gasteiger partial charge >= 0.3 is 5.69 Å². The lowest BCUT2D eigenvalue weighted by Gasteiger charge is -2.14. The van der Waals surface area contributed by atoms with Gasteiger partial charge in [-0.3, -0.25) is 14.3 Å². The van der Waals surface area contributed by atoms with E-state index in [2.05, 4.69) is 30.2 Å². The average Bonchev–Trinajstić information content (AvgIpc) is 2.65. The van der Waals surface area contributed by atoms with E-state index in [0.717, 1.165) is 0 Å². The highest BCUT2D eigenvalue weighted by Crippen LogP contribution is 2.31. The second-order valence-corrected chi connectivity index (χ2v) is 5.12. The third kappa shape index (κ3) is 2.46. The van der Waals surface area contributed by atoms with Crippen LogP contribution in [-0.4, -0.2) is 26.7 Å². The SMILES string of the molecule is Cc1cn([C@H]2C[C@H](S)[C@@H](CS)O2)c(=O)[nH]c1=O. The quantitative estimate of drug-likeness (QED) is 0.682. The van der Waals surface area contributed by atoms with E-state index in [9.17, 15) is 9.59 Å². The summed E-state index contributed by atoms with van der Waals surface area (Å²) in [5, 5.41) is 0.0524. The smallest absolute Gasteiger partial charge is 0.330 e. The van der Waals surface area contributed by atoms with Crippen molar-refractivity contribution in [1.82, 2.24) is 9.55 Å². The van der Waals surface area contributed by atoms with Gasteiger partial charge in [0.05, 0.1) is 6.10 Å². The van der Waals surface area contributed by atoms with Crippen molar-refractivity contribution in [3.63, 3.8) is 0 Å². The molecule has 0 aromatic carbocycles. The summed E-state index contributed by atoms with van der Waals surface area (Å²) in [4.78, 5) is 25.2. The van der Waals surface area contributed by atoms with Crippen LogP contribution in [0.5, 0.6) is 0 Å². The first-order valence-corrected chi connectivity index (χ1v) is 6.44. The fourth-order valence-electron chi connectivity index (χ4n) is 1.85. The van der Waals surface area contributed by atoms with Gasteiger partial charge in [-0.15, -0.1) is 0 Å². The number of H-pyrrole nitrogens is 1. The lowest BCUT2D eigenvalue weighted by molar-refractivity contribution is 0.0107. The maximum absolute atomic E-state index is 11.7. The van der Waals surface area contributed by atoms with Crippen LogP contribution in [0.4, 0.5) is 0 Å².